The zero-order valence-corrected chi connectivity index (χ0v) is 87.4. The Kier molecular flexibility index (Phi) is 25.9. The molecule has 147 heavy (non-hydrogen) atoms. The van der Waals surface area contributed by atoms with Gasteiger partial charge in [-0.15, -0.1) is 5.10 Å². The molecule has 23 rings (SSSR count). The minimum Gasteiger partial charge on any atom is -0.339 e. The monoisotopic (exact) mass is 1970 g/mol. The smallest absolute Gasteiger partial charge is 0.226 e. The highest BCUT2D eigenvalue weighted by atomic mass is 19.1. The van der Waals surface area contributed by atoms with E-state index in [4.69, 9.17) is 74.5 Å². The molecule has 0 radical (unpaired) electrons. The molecule has 0 amide bonds. The molecule has 32 heteroatoms. The Labute approximate surface area is 855 Å². The number of nitrogens with zero attached hydrogens (tertiary/aromatic N) is 24. The van der Waals surface area contributed by atoms with Crippen molar-refractivity contribution in [3.63, 3.8) is 0 Å². The van der Waals surface area contributed by atoms with Gasteiger partial charge < -0.3 is 33.3 Å². The summed E-state index contributed by atoms with van der Waals surface area (Å²) in [5, 5.41) is 37.2. The van der Waals surface area contributed by atoms with Crippen LogP contribution in [-0.4, -0.2) is 123 Å². The number of pyridine rings is 1. The van der Waals surface area contributed by atoms with Crippen molar-refractivity contribution >= 4 is 34.7 Å². The van der Waals surface area contributed by atoms with Gasteiger partial charge in [0.2, 0.25) is 45.9 Å². The van der Waals surface area contributed by atoms with Gasteiger partial charge in [0.05, 0.1) is 90.7 Å². The number of benzene rings is 2. The topological polar surface area (TPSA) is 318 Å². The average Bonchev–Trinajstić information content (AvgIpc) is 1.65. The van der Waals surface area contributed by atoms with Crippen LogP contribution >= 0.6 is 0 Å². The van der Waals surface area contributed by atoms with Crippen LogP contribution in [0.25, 0.3) is 85.9 Å². The Balaban J connectivity index is 0.000000116. The number of allylic oxidation sites excluding steroid dienone is 12. The first-order valence-electron chi connectivity index (χ1n) is 50.4. The van der Waals surface area contributed by atoms with E-state index in [0.717, 1.165) is 168 Å². The SMILES string of the molecule is [C-]#[N+]C1=C[C@]2(C)c3nn(C)c(-c4ccccc4)c3CC[C@H]2[C@H](C)C1=O.[C-]#[N+]C1=C[C@]2(C)c3nn(C)c(-c4ccccc4F)c3CC[C@H]2[C@H](C)C1=O.[C-]#[N+]C1=C[C@]2(C)c3nn(C)c(-c4cccnc4)c3CC[C@H]2[C@H](C)C1=O.[C-]#[N+]C1=C[C@]2(C)c3nn(C)c(-c4ncn(C)n4)c3CC[C@H]2[C@H](C)C1=O.[C-]#[N+]C1=C[C@]2(C)c3nn(C)c(-c4noc(C)n4)c3CC[C@H]2C(C)(C)C1=O.[C-]#[N+]C1=C[C@]2(C)c3nn(C)c(C)c3CC[C@H]2[C@H](C)C1=O. The molecule has 0 fully saturated rings. The first-order valence-corrected chi connectivity index (χ1v) is 50.4. The fraction of sp³-hybridized carbons (Fsp3) is 0.452. The van der Waals surface area contributed by atoms with Crippen molar-refractivity contribution < 1.29 is 37.7 Å². The molecular formula is C115H121FN24O7. The number of carbonyl (C=O) groups is 6. The van der Waals surface area contributed by atoms with Gasteiger partial charge in [0.15, 0.2) is 40.5 Å². The number of hydrogen-bond acceptors (Lipinski definition) is 18. The minimum absolute atomic E-state index is 0.00132. The predicted octanol–water partition coefficient (Wildman–Crippen LogP) is 19.0. The van der Waals surface area contributed by atoms with Gasteiger partial charge in [-0.05, 0) is 149 Å². The quantitative estimate of drug-likeness (QED) is 0.144. The number of aromatic nitrogens is 18. The Hall–Kier alpha value is -15.5. The van der Waals surface area contributed by atoms with Crippen molar-refractivity contribution in [3.05, 3.63) is 310 Å². The van der Waals surface area contributed by atoms with Crippen LogP contribution in [0.1, 0.15) is 208 Å². The summed E-state index contributed by atoms with van der Waals surface area (Å²) in [5.74, 6) is 1.49. The van der Waals surface area contributed by atoms with Crippen LogP contribution in [0.15, 0.2) is 161 Å². The summed E-state index contributed by atoms with van der Waals surface area (Å²) in [6, 6.07) is 21.0. The Morgan fingerprint density at radius 1 is 0.367 bits per heavy atom. The summed E-state index contributed by atoms with van der Waals surface area (Å²) in [4.78, 5) is 109. The van der Waals surface area contributed by atoms with Crippen LogP contribution in [0, 0.1) is 130 Å². The van der Waals surface area contributed by atoms with Gasteiger partial charge in [0, 0.05) is 186 Å². The summed E-state index contributed by atoms with van der Waals surface area (Å²) in [5.41, 5.74) is 20.1. The second kappa shape index (κ2) is 37.5. The van der Waals surface area contributed by atoms with Crippen molar-refractivity contribution in [2.24, 2.45) is 120 Å². The molecule has 0 N–H and O–H groups in total. The van der Waals surface area contributed by atoms with Gasteiger partial charge in [0.25, 0.3) is 0 Å². The second-order valence-electron chi connectivity index (χ2n) is 43.7. The molecule has 9 heterocycles. The number of Topliss-reactive ketones (excluding diaryl/α,β-unsaturated/α-hetero) is 6. The lowest BCUT2D eigenvalue weighted by Gasteiger charge is -2.49. The summed E-state index contributed by atoms with van der Waals surface area (Å²) in [6.45, 7) is 74.3. The van der Waals surface area contributed by atoms with E-state index < -0.39 is 21.7 Å². The maximum atomic E-state index is 14.4. The van der Waals surface area contributed by atoms with E-state index >= 15 is 0 Å². The van der Waals surface area contributed by atoms with E-state index in [9.17, 15) is 33.2 Å². The third kappa shape index (κ3) is 16.1. The van der Waals surface area contributed by atoms with Crippen molar-refractivity contribution in [1.29, 1.82) is 0 Å². The molecule has 9 aromatic heterocycles. The maximum Gasteiger partial charge on any atom is 0.226 e. The summed E-state index contributed by atoms with van der Waals surface area (Å²) in [6.07, 6.45) is 27.0. The number of rotatable bonds is 5. The Morgan fingerprint density at radius 2 is 0.694 bits per heavy atom. The van der Waals surface area contributed by atoms with E-state index in [0.29, 0.717) is 23.1 Å². The van der Waals surface area contributed by atoms with Crippen LogP contribution in [0.5, 0.6) is 0 Å². The molecular weight excluding hydrogens is 1850 g/mol. The highest BCUT2D eigenvalue weighted by Gasteiger charge is 2.59. The number of ketones is 6. The Morgan fingerprint density at radius 3 is 1.07 bits per heavy atom. The molecule has 750 valence electrons. The molecule has 17 atom stereocenters. The van der Waals surface area contributed by atoms with Gasteiger partial charge >= 0.3 is 0 Å². The first kappa shape index (κ1) is 102. The van der Waals surface area contributed by atoms with E-state index in [2.05, 4.69) is 115 Å². The molecule has 0 spiro atoms. The first-order chi connectivity index (χ1) is 69.8. The summed E-state index contributed by atoms with van der Waals surface area (Å²) >= 11 is 0. The van der Waals surface area contributed by atoms with E-state index in [1.165, 1.54) is 28.5 Å². The number of carbonyl (C=O) groups excluding carboxylic acids is 6. The van der Waals surface area contributed by atoms with Crippen molar-refractivity contribution in [3.8, 4) is 56.8 Å². The molecule has 0 saturated heterocycles. The molecule has 0 unspecified atom stereocenters. The van der Waals surface area contributed by atoms with Gasteiger partial charge in [-0.3, -0.25) is 37.8 Å². The molecule has 31 nitrogen and oxygen atoms in total. The molecule has 0 saturated carbocycles. The number of hydrogen-bond donors (Lipinski definition) is 0. The molecule has 0 bridgehead atoms. The lowest BCUT2D eigenvalue weighted by molar-refractivity contribution is -0.128. The zero-order chi connectivity index (χ0) is 106. The van der Waals surface area contributed by atoms with Crippen LogP contribution < -0.4 is 0 Å². The minimum atomic E-state index is -0.596. The number of fused-ring (bicyclic) bond motifs is 18. The van der Waals surface area contributed by atoms with Crippen molar-refractivity contribution in [1.82, 2.24) is 88.6 Å². The standard InChI is InChI=1S/C21H20FN3O.C21H21N3O.C20H20N4O.C19H21N5O2.C18H20N6O.C16H19N3O/c1-12-15-10-9-14-18(13-7-5-6-8-16(13)22)25(4)24-20(14)21(15,2)11-17(23-3)19(12)26;1-13-16-11-10-15-18(14-8-6-5-7-9-14)24(4)23-20(15)21(16,2)12-17(22-3)19(13)25;1-12-15-8-7-14-17(13-6-5-9-22-11-13)24(4)23-19(14)20(15,2)10-16(21-3)18(12)25;1-10-21-17(23-26-10)14-11-7-8-13-18(2,3)16(25)12(20-5)9-19(13,4)15(11)22-24(14)6;1-10-12-7-6-11-14(17-20-9-23(4)22-17)24(5)21-16(11)18(12,2)8-13(19-3)15(10)25;1-9-12-7-6-11-10(2)19(5)18-15(11)16(12,3)8-13(17-4)14(9)20/h5-8,11-12,15H,9-10H2,1-2,4H3;5-9,12-13,16H,10-11H2,1-2,4H3;5-6,9-12,15H,7-8H2,1-2,4H3;9,13H,7-8H2,1-4,6H3;8-10,12H,6-7H2,1-2,4-5H3;8-9,12H,6-7H2,1-3,5H3/t12-,15-,21-;13-,16-,21-;12-,15-,20-;13-,19-;10-,12-,18-;9-,12-,16-/m000000/s1. The lowest BCUT2D eigenvalue weighted by Crippen LogP contribution is -2.50. The van der Waals surface area contributed by atoms with E-state index in [1.54, 1.807) is 51.7 Å². The van der Waals surface area contributed by atoms with Crippen molar-refractivity contribution in [2.45, 2.75) is 213 Å². The molecule has 0 aliphatic heterocycles. The highest BCUT2D eigenvalue weighted by Crippen LogP contribution is 2.60. The molecule has 12 aliphatic rings. The largest absolute Gasteiger partial charge is 0.339 e. The normalized spacial score (nSPS) is 28.2. The third-order valence-electron chi connectivity index (χ3n) is 35.1. The van der Waals surface area contributed by atoms with Gasteiger partial charge in [-0.25, -0.2) is 38.4 Å². The third-order valence-corrected chi connectivity index (χ3v) is 35.1. The predicted molar refractivity (Wildman–Crippen MR) is 549 cm³/mol. The zero-order valence-electron chi connectivity index (χ0n) is 87.4. The van der Waals surface area contributed by atoms with Crippen LogP contribution in [0.4, 0.5) is 4.39 Å². The maximum absolute atomic E-state index is 14.4. The highest BCUT2D eigenvalue weighted by molar-refractivity contribution is 6.05. The van der Waals surface area contributed by atoms with E-state index in [1.807, 2.05) is 190 Å². The molecule has 2 aromatic carbocycles. The van der Waals surface area contributed by atoms with Crippen LogP contribution in [0.3, 0.4) is 0 Å². The lowest BCUT2D eigenvalue weighted by atomic mass is 9.53. The summed E-state index contributed by atoms with van der Waals surface area (Å²) < 4.78 is 32.4. The second-order valence-corrected chi connectivity index (χ2v) is 43.7. The molecule has 11 aromatic rings. The van der Waals surface area contributed by atoms with Crippen molar-refractivity contribution in [2.75, 3.05) is 0 Å². The van der Waals surface area contributed by atoms with Gasteiger partial charge in [0.1, 0.15) is 23.5 Å². The Bertz CT molecular complexity index is 7700. The van der Waals surface area contributed by atoms with Crippen LogP contribution in [0.2, 0.25) is 0 Å². The number of halogens is 1. The van der Waals surface area contributed by atoms with Gasteiger partial charge in [-0.2, -0.15) is 35.6 Å². The number of aryl methyl sites for hydroxylation is 8. The fourth-order valence-electron chi connectivity index (χ4n) is 27.6. The summed E-state index contributed by atoms with van der Waals surface area (Å²) in [7, 11) is 13.3. The molecule has 12 aliphatic carbocycles. The van der Waals surface area contributed by atoms with Gasteiger partial charge in [-0.1, -0.05) is 174 Å². The van der Waals surface area contributed by atoms with Crippen LogP contribution in [-0.2, 0) is 149 Å². The fourth-order valence-corrected chi connectivity index (χ4v) is 27.6. The van der Waals surface area contributed by atoms with E-state index in [-0.39, 0.29) is 156 Å². The average molecular weight is 1970 g/mol.